The third-order valence-electron chi connectivity index (χ3n) is 4.37. The van der Waals surface area contributed by atoms with Gasteiger partial charge in [0, 0.05) is 29.6 Å². The molecular formula is C16H11ClF4N2O3S. The SMILES string of the molecule is N#Cc1cc(-n2cc(S(=O)(=O)C(F)F)c3c2CCC(F)(F)[C@H]3O)ccc1Cl. The molecule has 1 heterocycles. The molecule has 5 nitrogen and oxygen atoms in total. The van der Waals surface area contributed by atoms with Gasteiger partial charge in [-0.15, -0.1) is 0 Å². The topological polar surface area (TPSA) is 83.1 Å². The van der Waals surface area contributed by atoms with Crippen molar-refractivity contribution in [2.24, 2.45) is 0 Å². The monoisotopic (exact) mass is 422 g/mol. The number of nitrogens with zero attached hydrogens (tertiary/aromatic N) is 2. The highest BCUT2D eigenvalue weighted by atomic mass is 35.5. The normalized spacial score (nSPS) is 19.0. The number of fused-ring (bicyclic) bond motifs is 1. The van der Waals surface area contributed by atoms with Crippen LogP contribution in [0.5, 0.6) is 0 Å². The van der Waals surface area contributed by atoms with E-state index in [9.17, 15) is 31.1 Å². The largest absolute Gasteiger partial charge is 0.382 e. The fourth-order valence-corrected chi connectivity index (χ4v) is 4.16. The molecular weight excluding hydrogens is 412 g/mol. The third-order valence-corrected chi connectivity index (χ3v) is 6.11. The van der Waals surface area contributed by atoms with E-state index in [1.54, 1.807) is 0 Å². The lowest BCUT2D eigenvalue weighted by atomic mass is 9.91. The Morgan fingerprint density at radius 2 is 2.04 bits per heavy atom. The molecule has 144 valence electrons. The molecule has 0 aliphatic heterocycles. The number of aromatic nitrogens is 1. The summed E-state index contributed by atoms with van der Waals surface area (Å²) < 4.78 is 79.0. The number of hydrogen-bond donors (Lipinski definition) is 1. The number of hydrogen-bond acceptors (Lipinski definition) is 4. The number of sulfone groups is 1. The molecule has 0 fully saturated rings. The minimum Gasteiger partial charge on any atom is -0.382 e. The van der Waals surface area contributed by atoms with E-state index in [2.05, 4.69) is 0 Å². The summed E-state index contributed by atoms with van der Waals surface area (Å²) in [7, 11) is -5.25. The van der Waals surface area contributed by atoms with Gasteiger partial charge < -0.3 is 9.67 Å². The second-order valence-corrected chi connectivity index (χ2v) is 8.26. The summed E-state index contributed by atoms with van der Waals surface area (Å²) in [6.07, 6.45) is -2.93. The summed E-state index contributed by atoms with van der Waals surface area (Å²) in [6.45, 7) is 0. The van der Waals surface area contributed by atoms with Gasteiger partial charge in [0.2, 0.25) is 9.84 Å². The molecule has 2 aromatic rings. The molecule has 1 atom stereocenters. The maximum atomic E-state index is 13.9. The van der Waals surface area contributed by atoms with E-state index in [1.807, 2.05) is 6.07 Å². The summed E-state index contributed by atoms with van der Waals surface area (Å²) in [5.41, 5.74) is -0.601. The first kappa shape index (κ1) is 19.7. The molecule has 0 saturated heterocycles. The van der Waals surface area contributed by atoms with Crippen LogP contribution < -0.4 is 0 Å². The predicted molar refractivity (Wildman–Crippen MR) is 86.9 cm³/mol. The molecule has 1 N–H and O–H groups in total. The molecule has 0 saturated carbocycles. The molecule has 0 bridgehead atoms. The van der Waals surface area contributed by atoms with E-state index in [0.29, 0.717) is 0 Å². The predicted octanol–water partition coefficient (Wildman–Crippen LogP) is 3.61. The van der Waals surface area contributed by atoms with E-state index in [1.165, 1.54) is 18.2 Å². The molecule has 0 amide bonds. The second-order valence-electron chi connectivity index (χ2n) is 5.97. The average molecular weight is 423 g/mol. The van der Waals surface area contributed by atoms with Gasteiger partial charge in [0.25, 0.3) is 5.92 Å². The van der Waals surface area contributed by atoms with Crippen molar-refractivity contribution in [1.29, 1.82) is 5.26 Å². The van der Waals surface area contributed by atoms with Crippen molar-refractivity contribution in [2.75, 3.05) is 0 Å². The van der Waals surface area contributed by atoms with Crippen LogP contribution in [-0.2, 0) is 16.3 Å². The molecule has 0 spiro atoms. The fourth-order valence-electron chi connectivity index (χ4n) is 3.02. The van der Waals surface area contributed by atoms with Crippen LogP contribution in [0.3, 0.4) is 0 Å². The Kier molecular flexibility index (Phi) is 4.74. The van der Waals surface area contributed by atoms with Gasteiger partial charge in [0.15, 0.2) is 0 Å². The van der Waals surface area contributed by atoms with Crippen LogP contribution in [0.2, 0.25) is 5.02 Å². The van der Waals surface area contributed by atoms with Gasteiger partial charge in [0.1, 0.15) is 12.2 Å². The van der Waals surface area contributed by atoms with Crippen LogP contribution in [0.25, 0.3) is 5.69 Å². The van der Waals surface area contributed by atoms with Crippen LogP contribution in [0.1, 0.15) is 29.3 Å². The first-order valence-corrected chi connectivity index (χ1v) is 9.45. The lowest BCUT2D eigenvalue weighted by Crippen LogP contribution is -2.33. The van der Waals surface area contributed by atoms with Crippen LogP contribution in [0.15, 0.2) is 29.3 Å². The maximum Gasteiger partial charge on any atom is 0.341 e. The second kappa shape index (κ2) is 6.51. The van der Waals surface area contributed by atoms with Crippen molar-refractivity contribution in [3.05, 3.63) is 46.2 Å². The standard InChI is InChI=1S/C16H11ClF4N2O3S/c17-10-2-1-9(5-8(10)6-22)23-7-12(27(25,26)15(18)19)13-11(23)3-4-16(20,21)14(13)24/h1-2,5,7,14-15,24H,3-4H2/t14-/m0/s1. The molecule has 1 aromatic heterocycles. The van der Waals surface area contributed by atoms with Crippen molar-refractivity contribution >= 4 is 21.4 Å². The van der Waals surface area contributed by atoms with Crippen LogP contribution >= 0.6 is 11.6 Å². The molecule has 3 rings (SSSR count). The Hall–Kier alpha value is -2.09. The van der Waals surface area contributed by atoms with E-state index >= 15 is 0 Å². The summed E-state index contributed by atoms with van der Waals surface area (Å²) in [5.74, 6) is -7.51. The highest BCUT2D eigenvalue weighted by Crippen LogP contribution is 2.46. The molecule has 11 heteroatoms. The Morgan fingerprint density at radius 1 is 1.37 bits per heavy atom. The van der Waals surface area contributed by atoms with Gasteiger partial charge in [-0.1, -0.05) is 11.6 Å². The van der Waals surface area contributed by atoms with Crippen molar-refractivity contribution in [1.82, 2.24) is 4.57 Å². The van der Waals surface area contributed by atoms with E-state index in [4.69, 9.17) is 16.9 Å². The minimum absolute atomic E-state index is 0.0246. The van der Waals surface area contributed by atoms with E-state index in [0.717, 1.165) is 10.8 Å². The van der Waals surface area contributed by atoms with Crippen LogP contribution in [0, 0.1) is 11.3 Å². The molecule has 1 aliphatic rings. The third kappa shape index (κ3) is 3.09. The smallest absolute Gasteiger partial charge is 0.341 e. The zero-order valence-corrected chi connectivity index (χ0v) is 14.9. The lowest BCUT2D eigenvalue weighted by molar-refractivity contribution is -0.123. The Bertz CT molecular complexity index is 1060. The van der Waals surface area contributed by atoms with Gasteiger partial charge in [0.05, 0.1) is 15.5 Å². The summed E-state index contributed by atoms with van der Waals surface area (Å²) in [6, 6.07) is 5.78. The van der Waals surface area contributed by atoms with Crippen LogP contribution in [0.4, 0.5) is 17.6 Å². The molecule has 0 unspecified atom stereocenters. The molecule has 27 heavy (non-hydrogen) atoms. The van der Waals surface area contributed by atoms with Crippen molar-refractivity contribution in [3.63, 3.8) is 0 Å². The first-order chi connectivity index (χ1) is 12.5. The summed E-state index contributed by atoms with van der Waals surface area (Å²) in [5, 5.41) is 19.1. The summed E-state index contributed by atoms with van der Waals surface area (Å²) >= 11 is 5.84. The van der Waals surface area contributed by atoms with Crippen molar-refractivity contribution in [2.45, 2.75) is 35.5 Å². The van der Waals surface area contributed by atoms with Gasteiger partial charge >= 0.3 is 5.76 Å². The number of halogens is 5. The fraction of sp³-hybridized carbons (Fsp3) is 0.312. The number of aliphatic hydroxyl groups excluding tert-OH is 1. The van der Waals surface area contributed by atoms with Gasteiger partial charge in [-0.2, -0.15) is 14.0 Å². The average Bonchev–Trinajstić information content (AvgIpc) is 2.99. The quantitative estimate of drug-likeness (QED) is 0.766. The lowest BCUT2D eigenvalue weighted by Gasteiger charge is -2.29. The number of benzene rings is 1. The highest BCUT2D eigenvalue weighted by molar-refractivity contribution is 7.91. The molecule has 1 aromatic carbocycles. The van der Waals surface area contributed by atoms with Gasteiger partial charge in [-0.25, -0.2) is 17.2 Å². The molecule has 0 radical (unpaired) electrons. The molecule has 1 aliphatic carbocycles. The van der Waals surface area contributed by atoms with Gasteiger partial charge in [-0.05, 0) is 24.6 Å². The van der Waals surface area contributed by atoms with Crippen molar-refractivity contribution < 1.29 is 31.1 Å². The number of aliphatic hydroxyl groups is 1. The van der Waals surface area contributed by atoms with Crippen molar-refractivity contribution in [3.8, 4) is 11.8 Å². The van der Waals surface area contributed by atoms with Crippen LogP contribution in [-0.4, -0.2) is 29.8 Å². The number of alkyl halides is 4. The van der Waals surface area contributed by atoms with E-state index < -0.39 is 44.5 Å². The number of rotatable bonds is 3. The zero-order valence-electron chi connectivity index (χ0n) is 13.3. The summed E-state index contributed by atoms with van der Waals surface area (Å²) in [4.78, 5) is -1.06. The maximum absolute atomic E-state index is 13.9. The highest BCUT2D eigenvalue weighted by Gasteiger charge is 2.48. The van der Waals surface area contributed by atoms with E-state index in [-0.39, 0.29) is 28.4 Å². The zero-order chi connectivity index (χ0) is 20.1. The Balaban J connectivity index is 2.32. The Labute approximate surface area is 156 Å². The first-order valence-electron chi connectivity index (χ1n) is 7.52. The Morgan fingerprint density at radius 3 is 2.63 bits per heavy atom. The minimum atomic E-state index is -5.25. The number of nitriles is 1. The van der Waals surface area contributed by atoms with Gasteiger partial charge in [-0.3, -0.25) is 0 Å².